The van der Waals surface area contributed by atoms with Gasteiger partial charge in [-0.1, -0.05) is 35.3 Å². The quantitative estimate of drug-likeness (QED) is 0.623. The third-order valence-electron chi connectivity index (χ3n) is 4.77. The van der Waals surface area contributed by atoms with Crippen LogP contribution in [-0.2, 0) is 0 Å². The van der Waals surface area contributed by atoms with Gasteiger partial charge in [0.05, 0.1) is 17.0 Å². The molecule has 1 atom stereocenters. The molecule has 0 spiro atoms. The zero-order valence-corrected chi connectivity index (χ0v) is 15.7. The molecule has 1 unspecified atom stereocenters. The maximum absolute atomic E-state index is 13.2. The fourth-order valence-corrected chi connectivity index (χ4v) is 3.75. The van der Waals surface area contributed by atoms with E-state index in [1.54, 1.807) is 29.2 Å². The summed E-state index contributed by atoms with van der Waals surface area (Å²) in [6, 6.07) is 9.94. The Morgan fingerprint density at radius 1 is 1.12 bits per heavy atom. The van der Waals surface area contributed by atoms with Crippen LogP contribution < -0.4 is 5.43 Å². The van der Waals surface area contributed by atoms with E-state index in [2.05, 4.69) is 0 Å². The molecule has 3 aromatic rings. The summed E-state index contributed by atoms with van der Waals surface area (Å²) in [7, 11) is 0. The molecular weight excluding hydrogens is 373 g/mol. The van der Waals surface area contributed by atoms with Crippen LogP contribution in [0.5, 0.6) is 0 Å². The van der Waals surface area contributed by atoms with Crippen LogP contribution in [0.1, 0.15) is 40.2 Å². The van der Waals surface area contributed by atoms with Crippen LogP contribution in [-0.4, -0.2) is 17.4 Å². The molecule has 26 heavy (non-hydrogen) atoms. The number of halogens is 2. The van der Waals surface area contributed by atoms with Gasteiger partial charge >= 0.3 is 0 Å². The molecule has 1 aromatic heterocycles. The van der Waals surface area contributed by atoms with E-state index >= 15 is 0 Å². The molecule has 1 aliphatic rings. The summed E-state index contributed by atoms with van der Waals surface area (Å²) in [5.74, 6) is -0.180. The summed E-state index contributed by atoms with van der Waals surface area (Å²) in [4.78, 5) is 27.7. The number of aryl methyl sites for hydroxylation is 1. The van der Waals surface area contributed by atoms with Crippen LogP contribution >= 0.6 is 23.2 Å². The second-order valence-electron chi connectivity index (χ2n) is 6.32. The lowest BCUT2D eigenvalue weighted by Gasteiger charge is -2.23. The minimum absolute atomic E-state index is 0.103. The smallest absolute Gasteiger partial charge is 0.290 e. The summed E-state index contributed by atoms with van der Waals surface area (Å²) in [6.07, 6.45) is 0. The Balaban J connectivity index is 2.04. The van der Waals surface area contributed by atoms with Gasteiger partial charge in [0.1, 0.15) is 5.58 Å². The lowest BCUT2D eigenvalue weighted by Crippen LogP contribution is -2.29. The Morgan fingerprint density at radius 3 is 2.46 bits per heavy atom. The van der Waals surface area contributed by atoms with Crippen molar-refractivity contribution in [2.45, 2.75) is 19.9 Å². The highest BCUT2D eigenvalue weighted by Gasteiger charge is 2.41. The maximum Gasteiger partial charge on any atom is 0.290 e. The van der Waals surface area contributed by atoms with Crippen molar-refractivity contribution in [2.75, 3.05) is 6.54 Å². The van der Waals surface area contributed by atoms with Gasteiger partial charge in [-0.15, -0.1) is 0 Å². The number of amides is 1. The van der Waals surface area contributed by atoms with Gasteiger partial charge in [-0.2, -0.15) is 0 Å². The van der Waals surface area contributed by atoms with Crippen LogP contribution in [0.3, 0.4) is 0 Å². The van der Waals surface area contributed by atoms with Crippen molar-refractivity contribution in [3.8, 4) is 0 Å². The number of benzene rings is 2. The van der Waals surface area contributed by atoms with Gasteiger partial charge in [-0.3, -0.25) is 9.59 Å². The number of carbonyl (C=O) groups is 1. The lowest BCUT2D eigenvalue weighted by molar-refractivity contribution is 0.0738. The average molecular weight is 388 g/mol. The van der Waals surface area contributed by atoms with Crippen molar-refractivity contribution in [3.63, 3.8) is 0 Å². The Hall–Kier alpha value is -2.30. The summed E-state index contributed by atoms with van der Waals surface area (Å²) in [5.41, 5.74) is 2.10. The van der Waals surface area contributed by atoms with Crippen molar-refractivity contribution < 1.29 is 9.21 Å². The Kier molecular flexibility index (Phi) is 4.05. The van der Waals surface area contributed by atoms with Crippen molar-refractivity contribution in [1.82, 2.24) is 4.90 Å². The molecule has 4 nitrogen and oxygen atoms in total. The van der Waals surface area contributed by atoms with Crippen molar-refractivity contribution in [3.05, 3.63) is 79.1 Å². The number of hydrogen-bond donors (Lipinski definition) is 0. The molecule has 0 saturated carbocycles. The van der Waals surface area contributed by atoms with E-state index in [4.69, 9.17) is 27.6 Å². The largest absolute Gasteiger partial charge is 0.450 e. The van der Waals surface area contributed by atoms with Gasteiger partial charge in [-0.25, -0.2) is 0 Å². The van der Waals surface area contributed by atoms with Crippen LogP contribution in [0.15, 0.2) is 45.6 Å². The molecule has 0 fully saturated rings. The monoisotopic (exact) mass is 387 g/mol. The van der Waals surface area contributed by atoms with Crippen LogP contribution in [0.4, 0.5) is 0 Å². The van der Waals surface area contributed by atoms with E-state index < -0.39 is 6.04 Å². The van der Waals surface area contributed by atoms with Gasteiger partial charge < -0.3 is 9.32 Å². The van der Waals surface area contributed by atoms with E-state index in [1.807, 2.05) is 26.0 Å². The number of nitrogens with zero attached hydrogens (tertiary/aromatic N) is 1. The van der Waals surface area contributed by atoms with Gasteiger partial charge in [0.15, 0.2) is 5.43 Å². The zero-order valence-electron chi connectivity index (χ0n) is 14.2. The Bertz CT molecular complexity index is 1100. The molecule has 0 saturated heterocycles. The number of fused-ring (bicyclic) bond motifs is 2. The van der Waals surface area contributed by atoms with E-state index in [9.17, 15) is 9.59 Å². The summed E-state index contributed by atoms with van der Waals surface area (Å²) >= 11 is 12.2. The number of rotatable bonds is 2. The van der Waals surface area contributed by atoms with Crippen molar-refractivity contribution in [1.29, 1.82) is 0 Å². The van der Waals surface area contributed by atoms with E-state index in [1.165, 1.54) is 0 Å². The first-order chi connectivity index (χ1) is 12.4. The van der Waals surface area contributed by atoms with E-state index in [-0.39, 0.29) is 17.1 Å². The second-order valence-corrected chi connectivity index (χ2v) is 7.16. The summed E-state index contributed by atoms with van der Waals surface area (Å²) < 4.78 is 5.86. The first kappa shape index (κ1) is 17.1. The minimum Gasteiger partial charge on any atom is -0.450 e. The summed E-state index contributed by atoms with van der Waals surface area (Å²) in [5, 5.41) is 1.46. The van der Waals surface area contributed by atoms with E-state index in [0.29, 0.717) is 33.1 Å². The fourth-order valence-electron chi connectivity index (χ4n) is 3.46. The molecular formula is C20H15Cl2NO3. The highest BCUT2D eigenvalue weighted by molar-refractivity contribution is 6.32. The molecule has 6 heteroatoms. The fraction of sp³-hybridized carbons (Fsp3) is 0.200. The SMILES string of the molecule is CCN1C(=O)c2oc3cc(C)c(Cl)cc3c(=O)c2C1c1ccc(Cl)cc1. The van der Waals surface area contributed by atoms with E-state index in [0.717, 1.165) is 11.1 Å². The van der Waals surface area contributed by atoms with Crippen LogP contribution in [0.2, 0.25) is 10.0 Å². The molecule has 4 rings (SSSR count). The molecule has 1 aliphatic heterocycles. The normalized spacial score (nSPS) is 16.4. The molecule has 0 radical (unpaired) electrons. The molecule has 0 N–H and O–H groups in total. The van der Waals surface area contributed by atoms with Gasteiger partial charge in [0.25, 0.3) is 5.91 Å². The Morgan fingerprint density at radius 2 is 1.81 bits per heavy atom. The Labute approximate surface area is 159 Å². The highest BCUT2D eigenvalue weighted by Crippen LogP contribution is 2.38. The van der Waals surface area contributed by atoms with Crippen LogP contribution in [0.25, 0.3) is 11.0 Å². The minimum atomic E-state index is -0.500. The number of carbonyl (C=O) groups excluding carboxylic acids is 1. The van der Waals surface area contributed by atoms with Gasteiger partial charge in [-0.05, 0) is 49.2 Å². The lowest BCUT2D eigenvalue weighted by atomic mass is 9.98. The summed E-state index contributed by atoms with van der Waals surface area (Å²) in [6.45, 7) is 4.15. The topological polar surface area (TPSA) is 50.5 Å². The van der Waals surface area contributed by atoms with Crippen molar-refractivity contribution >= 4 is 40.1 Å². The molecule has 2 aromatic carbocycles. The molecule has 2 heterocycles. The average Bonchev–Trinajstić information content (AvgIpc) is 2.90. The predicted octanol–water partition coefficient (Wildman–Crippen LogP) is 4.97. The van der Waals surface area contributed by atoms with Gasteiger partial charge in [0, 0.05) is 16.6 Å². The van der Waals surface area contributed by atoms with Crippen molar-refractivity contribution in [2.24, 2.45) is 0 Å². The molecule has 0 aliphatic carbocycles. The molecule has 132 valence electrons. The first-order valence-electron chi connectivity index (χ1n) is 8.25. The third kappa shape index (κ3) is 2.44. The predicted molar refractivity (Wildman–Crippen MR) is 102 cm³/mol. The van der Waals surface area contributed by atoms with Crippen LogP contribution in [0, 0.1) is 6.92 Å². The molecule has 0 bridgehead atoms. The zero-order chi connectivity index (χ0) is 18.6. The third-order valence-corrected chi connectivity index (χ3v) is 5.43. The highest BCUT2D eigenvalue weighted by atomic mass is 35.5. The van der Waals surface area contributed by atoms with Gasteiger partial charge in [0.2, 0.25) is 5.76 Å². The second kappa shape index (κ2) is 6.15. The molecule has 1 amide bonds. The maximum atomic E-state index is 13.2. The first-order valence-corrected chi connectivity index (χ1v) is 9.01. The number of hydrogen-bond acceptors (Lipinski definition) is 3. The standard InChI is InChI=1S/C20H15Cl2NO3/c1-3-23-17(11-4-6-12(21)7-5-11)16-18(24)13-9-14(22)10(2)8-15(13)26-19(16)20(23)25/h4-9,17H,3H2,1-2H3.